The second-order valence-electron chi connectivity index (χ2n) is 5.77. The molecule has 1 fully saturated rings. The van der Waals surface area contributed by atoms with Crippen LogP contribution in [-0.4, -0.2) is 22.0 Å². The molecule has 0 spiro atoms. The minimum atomic E-state index is -0.994. The van der Waals surface area contributed by atoms with Gasteiger partial charge in [-0.05, 0) is 18.9 Å². The summed E-state index contributed by atoms with van der Waals surface area (Å²) in [5, 5.41) is 6.76. The molecule has 0 saturated carbocycles. The van der Waals surface area contributed by atoms with Crippen LogP contribution in [0.1, 0.15) is 36.8 Å². The molecule has 1 aromatic heterocycles. The van der Waals surface area contributed by atoms with E-state index in [0.29, 0.717) is 17.9 Å². The molecular formula is C17H19N3O3. The molecule has 2 aromatic rings. The number of aryl methyl sites for hydroxylation is 1. The first-order chi connectivity index (χ1) is 11.1. The van der Waals surface area contributed by atoms with E-state index in [1.807, 2.05) is 37.3 Å². The summed E-state index contributed by atoms with van der Waals surface area (Å²) in [6, 6.07) is 10.7. The van der Waals surface area contributed by atoms with E-state index < -0.39 is 11.6 Å². The molecule has 3 rings (SSSR count). The lowest BCUT2D eigenvalue weighted by molar-refractivity contribution is -0.132. The van der Waals surface area contributed by atoms with Crippen molar-refractivity contribution in [2.24, 2.45) is 0 Å². The smallest absolute Gasteiger partial charge is 0.325 e. The van der Waals surface area contributed by atoms with E-state index in [0.717, 1.165) is 12.0 Å². The summed E-state index contributed by atoms with van der Waals surface area (Å²) in [4.78, 5) is 26.6. The Balaban J connectivity index is 1.94. The van der Waals surface area contributed by atoms with Crippen molar-refractivity contribution >= 4 is 11.9 Å². The number of carbonyl (C=O) groups is 2. The molecule has 0 bridgehead atoms. The van der Waals surface area contributed by atoms with Gasteiger partial charge >= 0.3 is 6.03 Å². The van der Waals surface area contributed by atoms with Crippen molar-refractivity contribution in [1.29, 1.82) is 0 Å². The number of imide groups is 1. The third-order valence-corrected chi connectivity index (χ3v) is 4.06. The van der Waals surface area contributed by atoms with Crippen molar-refractivity contribution in [3.8, 4) is 0 Å². The highest BCUT2D eigenvalue weighted by atomic mass is 16.5. The molecule has 0 radical (unpaired) electrons. The molecule has 1 aromatic carbocycles. The summed E-state index contributed by atoms with van der Waals surface area (Å²) in [7, 11) is 0. The SMILES string of the molecule is CCC[C@]1(c2ccccc2)NC(=O)N(Cc2cc(C)on2)C1=O. The molecule has 2 heterocycles. The van der Waals surface area contributed by atoms with E-state index in [1.165, 1.54) is 4.90 Å². The van der Waals surface area contributed by atoms with Crippen molar-refractivity contribution in [2.45, 2.75) is 38.8 Å². The Hall–Kier alpha value is -2.63. The van der Waals surface area contributed by atoms with Crippen molar-refractivity contribution in [3.63, 3.8) is 0 Å². The zero-order valence-corrected chi connectivity index (χ0v) is 13.2. The number of rotatable bonds is 5. The van der Waals surface area contributed by atoms with Gasteiger partial charge in [-0.15, -0.1) is 0 Å². The van der Waals surface area contributed by atoms with E-state index in [-0.39, 0.29) is 12.5 Å². The molecule has 1 saturated heterocycles. The van der Waals surface area contributed by atoms with Gasteiger partial charge in [0.05, 0.1) is 6.54 Å². The fourth-order valence-corrected chi connectivity index (χ4v) is 3.03. The predicted molar refractivity (Wildman–Crippen MR) is 83.3 cm³/mol. The molecule has 1 N–H and O–H groups in total. The Kier molecular flexibility index (Phi) is 3.90. The van der Waals surface area contributed by atoms with Crippen LogP contribution in [0.25, 0.3) is 0 Å². The molecule has 6 heteroatoms. The minimum Gasteiger partial charge on any atom is -0.361 e. The van der Waals surface area contributed by atoms with Gasteiger partial charge < -0.3 is 9.84 Å². The van der Waals surface area contributed by atoms with E-state index in [9.17, 15) is 9.59 Å². The minimum absolute atomic E-state index is 0.111. The zero-order valence-electron chi connectivity index (χ0n) is 13.2. The summed E-state index contributed by atoms with van der Waals surface area (Å²) < 4.78 is 5.01. The molecule has 3 amide bonds. The average molecular weight is 313 g/mol. The van der Waals surface area contributed by atoms with E-state index >= 15 is 0 Å². The molecule has 120 valence electrons. The van der Waals surface area contributed by atoms with Crippen molar-refractivity contribution in [1.82, 2.24) is 15.4 Å². The highest BCUT2D eigenvalue weighted by Gasteiger charge is 2.51. The number of carbonyl (C=O) groups excluding carboxylic acids is 2. The fraction of sp³-hybridized carbons (Fsp3) is 0.353. The molecule has 1 aliphatic heterocycles. The Morgan fingerprint density at radius 3 is 2.61 bits per heavy atom. The first kappa shape index (κ1) is 15.3. The maximum atomic E-state index is 13.0. The van der Waals surface area contributed by atoms with E-state index in [4.69, 9.17) is 4.52 Å². The summed E-state index contributed by atoms with van der Waals surface area (Å²) >= 11 is 0. The largest absolute Gasteiger partial charge is 0.361 e. The van der Waals surface area contributed by atoms with Gasteiger partial charge in [0, 0.05) is 6.07 Å². The Morgan fingerprint density at radius 2 is 2.00 bits per heavy atom. The van der Waals surface area contributed by atoms with Crippen molar-refractivity contribution < 1.29 is 14.1 Å². The molecule has 1 atom stereocenters. The second-order valence-corrected chi connectivity index (χ2v) is 5.77. The fourth-order valence-electron chi connectivity index (χ4n) is 3.03. The standard InChI is InChI=1S/C17H19N3O3/c1-3-9-17(13-7-5-4-6-8-13)15(21)20(16(22)18-17)11-14-10-12(2)23-19-14/h4-8,10H,3,9,11H2,1-2H3,(H,18,22)/t17-/m1/s1. The van der Waals surface area contributed by atoms with Crippen LogP contribution in [0.3, 0.4) is 0 Å². The van der Waals surface area contributed by atoms with Crippen LogP contribution in [0.2, 0.25) is 0 Å². The molecule has 23 heavy (non-hydrogen) atoms. The van der Waals surface area contributed by atoms with Gasteiger partial charge in [0.25, 0.3) is 5.91 Å². The van der Waals surface area contributed by atoms with Gasteiger partial charge in [-0.2, -0.15) is 0 Å². The maximum Gasteiger partial charge on any atom is 0.325 e. The van der Waals surface area contributed by atoms with Crippen LogP contribution < -0.4 is 5.32 Å². The molecular weight excluding hydrogens is 294 g/mol. The van der Waals surface area contributed by atoms with Gasteiger partial charge in [-0.1, -0.05) is 48.8 Å². The molecule has 6 nitrogen and oxygen atoms in total. The number of nitrogens with zero attached hydrogens (tertiary/aromatic N) is 2. The lowest BCUT2D eigenvalue weighted by Crippen LogP contribution is -2.43. The average Bonchev–Trinajstić information content (AvgIpc) is 3.06. The van der Waals surface area contributed by atoms with Crippen LogP contribution in [0.4, 0.5) is 4.79 Å². The number of hydrogen-bond acceptors (Lipinski definition) is 4. The number of hydrogen-bond donors (Lipinski definition) is 1. The highest BCUT2D eigenvalue weighted by Crippen LogP contribution is 2.34. The summed E-state index contributed by atoms with van der Waals surface area (Å²) in [5.74, 6) is 0.408. The van der Waals surface area contributed by atoms with Crippen LogP contribution >= 0.6 is 0 Å². The predicted octanol–water partition coefficient (Wildman–Crippen LogP) is 2.73. The number of benzene rings is 1. The monoisotopic (exact) mass is 313 g/mol. The number of aromatic nitrogens is 1. The quantitative estimate of drug-likeness (QED) is 0.861. The summed E-state index contributed by atoms with van der Waals surface area (Å²) in [6.45, 7) is 3.88. The topological polar surface area (TPSA) is 75.4 Å². The van der Waals surface area contributed by atoms with Gasteiger partial charge in [-0.3, -0.25) is 9.69 Å². The number of nitrogens with one attached hydrogen (secondary N) is 1. The summed E-state index contributed by atoms with van der Waals surface area (Å²) in [6.07, 6.45) is 1.33. The molecule has 0 aliphatic carbocycles. The third-order valence-electron chi connectivity index (χ3n) is 4.06. The van der Waals surface area contributed by atoms with Crippen molar-refractivity contribution in [2.75, 3.05) is 0 Å². The van der Waals surface area contributed by atoms with Crippen LogP contribution in [-0.2, 0) is 16.9 Å². The van der Waals surface area contributed by atoms with E-state index in [2.05, 4.69) is 10.5 Å². The second kappa shape index (κ2) is 5.87. The summed E-state index contributed by atoms with van der Waals surface area (Å²) in [5.41, 5.74) is 0.372. The van der Waals surface area contributed by atoms with Crippen LogP contribution in [0, 0.1) is 6.92 Å². The first-order valence-corrected chi connectivity index (χ1v) is 7.68. The highest BCUT2D eigenvalue weighted by molar-refractivity contribution is 6.07. The molecule has 1 aliphatic rings. The lowest BCUT2D eigenvalue weighted by Gasteiger charge is -2.26. The maximum absolute atomic E-state index is 13.0. The first-order valence-electron chi connectivity index (χ1n) is 7.68. The van der Waals surface area contributed by atoms with Gasteiger partial charge in [0.15, 0.2) is 0 Å². The number of amides is 3. The Bertz CT molecular complexity index is 726. The van der Waals surface area contributed by atoms with Crippen molar-refractivity contribution in [3.05, 3.63) is 53.4 Å². The lowest BCUT2D eigenvalue weighted by atomic mass is 9.85. The molecule has 0 unspecified atom stereocenters. The van der Waals surface area contributed by atoms with Crippen LogP contribution in [0.5, 0.6) is 0 Å². The zero-order chi connectivity index (χ0) is 16.4. The normalized spacial score (nSPS) is 20.9. The Labute approximate surface area is 134 Å². The van der Waals surface area contributed by atoms with E-state index in [1.54, 1.807) is 13.0 Å². The Morgan fingerprint density at radius 1 is 1.26 bits per heavy atom. The number of urea groups is 1. The van der Waals surface area contributed by atoms with Crippen LogP contribution in [0.15, 0.2) is 40.9 Å². The van der Waals surface area contributed by atoms with Gasteiger partial charge in [0.2, 0.25) is 0 Å². The van der Waals surface area contributed by atoms with Gasteiger partial charge in [-0.25, -0.2) is 4.79 Å². The third kappa shape index (κ3) is 2.60. The van der Waals surface area contributed by atoms with Gasteiger partial charge in [0.1, 0.15) is 17.0 Å².